The molecule has 0 bridgehead atoms. The molecule has 6 nitrogen and oxygen atoms in total. The maximum atomic E-state index is 13.0. The van der Waals surface area contributed by atoms with Crippen LogP contribution in [0.2, 0.25) is 0 Å². The van der Waals surface area contributed by atoms with Crippen molar-refractivity contribution in [3.8, 4) is 22.9 Å². The van der Waals surface area contributed by atoms with Crippen LogP contribution in [0.25, 0.3) is 11.4 Å². The highest BCUT2D eigenvalue weighted by Gasteiger charge is 2.28. The van der Waals surface area contributed by atoms with Crippen LogP contribution in [0.1, 0.15) is 10.5 Å². The summed E-state index contributed by atoms with van der Waals surface area (Å²) in [5.74, 6) is 1.29. The molecule has 0 atom stereocenters. The third-order valence-electron chi connectivity index (χ3n) is 5.27. The zero-order valence-electron chi connectivity index (χ0n) is 17.1. The van der Waals surface area contributed by atoms with Gasteiger partial charge >= 0.3 is 0 Å². The Bertz CT molecular complexity index is 1030. The largest absolute Gasteiger partial charge is 0.457 e. The topological polar surface area (TPSA) is 55.3 Å². The van der Waals surface area contributed by atoms with Gasteiger partial charge < -0.3 is 14.1 Å². The van der Waals surface area contributed by atoms with Gasteiger partial charge in [-0.15, -0.1) is 0 Å². The Morgan fingerprint density at radius 1 is 0.967 bits per heavy atom. The molecule has 2 heterocycles. The lowest BCUT2D eigenvalue weighted by molar-refractivity contribution is -0.894. The number of nitrogens with zero attached hydrogens (tertiary/aromatic N) is 4. The molecule has 1 aliphatic rings. The lowest BCUT2D eigenvalue weighted by atomic mass is 10.2. The fourth-order valence-corrected chi connectivity index (χ4v) is 3.30. The minimum atomic E-state index is -0.309. The summed E-state index contributed by atoms with van der Waals surface area (Å²) in [7, 11) is 4.35. The van der Waals surface area contributed by atoms with Crippen LogP contribution in [0.3, 0.4) is 0 Å². The Morgan fingerprint density at radius 3 is 2.20 bits per heavy atom. The van der Waals surface area contributed by atoms with E-state index in [2.05, 4.69) is 24.1 Å². The van der Waals surface area contributed by atoms with Crippen LogP contribution in [0.15, 0.2) is 60.8 Å². The zero-order chi connectivity index (χ0) is 21.1. The van der Waals surface area contributed by atoms with E-state index in [9.17, 15) is 9.18 Å². The van der Waals surface area contributed by atoms with Crippen LogP contribution in [0.5, 0.6) is 11.5 Å². The SMILES string of the molecule is C[N+]1(C)CCN(C(=O)c2ccnc(-c3ccc(Oc4ccc(F)cc4)cc3)n2)CC1. The summed E-state index contributed by atoms with van der Waals surface area (Å²) in [6, 6.07) is 14.8. The molecule has 0 unspecified atom stereocenters. The van der Waals surface area contributed by atoms with Crippen LogP contribution < -0.4 is 4.74 Å². The predicted octanol–water partition coefficient (Wildman–Crippen LogP) is 3.61. The van der Waals surface area contributed by atoms with Crippen molar-refractivity contribution in [1.82, 2.24) is 14.9 Å². The molecule has 1 amide bonds. The molecule has 0 N–H and O–H groups in total. The second-order valence-corrected chi connectivity index (χ2v) is 8.02. The van der Waals surface area contributed by atoms with Gasteiger partial charge in [0.15, 0.2) is 5.82 Å². The minimum absolute atomic E-state index is 0.0605. The monoisotopic (exact) mass is 407 g/mol. The molecule has 1 fully saturated rings. The van der Waals surface area contributed by atoms with E-state index in [1.165, 1.54) is 12.1 Å². The van der Waals surface area contributed by atoms with Gasteiger partial charge in [0.2, 0.25) is 0 Å². The highest BCUT2D eigenvalue weighted by molar-refractivity contribution is 5.92. The molecular weight excluding hydrogens is 383 g/mol. The molecule has 30 heavy (non-hydrogen) atoms. The molecule has 1 saturated heterocycles. The average Bonchev–Trinajstić information content (AvgIpc) is 2.75. The molecule has 2 aromatic carbocycles. The summed E-state index contributed by atoms with van der Waals surface area (Å²) in [5.41, 5.74) is 1.19. The lowest BCUT2D eigenvalue weighted by Crippen LogP contribution is -2.56. The van der Waals surface area contributed by atoms with Crippen molar-refractivity contribution in [2.24, 2.45) is 0 Å². The fraction of sp³-hybridized carbons (Fsp3) is 0.261. The van der Waals surface area contributed by atoms with E-state index >= 15 is 0 Å². The van der Waals surface area contributed by atoms with Crippen molar-refractivity contribution in [2.75, 3.05) is 40.3 Å². The number of quaternary nitrogens is 1. The third-order valence-corrected chi connectivity index (χ3v) is 5.27. The number of hydrogen-bond acceptors (Lipinski definition) is 4. The van der Waals surface area contributed by atoms with Crippen LogP contribution in [-0.4, -0.2) is 65.5 Å². The highest BCUT2D eigenvalue weighted by Crippen LogP contribution is 2.24. The standard InChI is InChI=1S/C23H24FN4O2/c1-28(2)15-13-27(14-16-28)23(29)21-11-12-25-22(26-21)17-3-7-19(8-4-17)30-20-9-5-18(24)6-10-20/h3-12H,13-16H2,1-2H3/q+1. The van der Waals surface area contributed by atoms with Crippen LogP contribution >= 0.6 is 0 Å². The van der Waals surface area contributed by atoms with Crippen molar-refractivity contribution in [3.63, 3.8) is 0 Å². The first-order valence-electron chi connectivity index (χ1n) is 9.88. The Labute approximate surface area is 175 Å². The molecule has 1 aromatic heterocycles. The third kappa shape index (κ3) is 4.63. The number of ether oxygens (including phenoxy) is 1. The Kier molecular flexibility index (Phi) is 5.46. The number of carbonyl (C=O) groups excluding carboxylic acids is 1. The maximum absolute atomic E-state index is 13.0. The number of amides is 1. The van der Waals surface area contributed by atoms with Crippen molar-refractivity contribution >= 4 is 5.91 Å². The van der Waals surface area contributed by atoms with Gasteiger partial charge in [0, 0.05) is 11.8 Å². The fourth-order valence-electron chi connectivity index (χ4n) is 3.30. The molecule has 154 valence electrons. The van der Waals surface area contributed by atoms with E-state index < -0.39 is 0 Å². The number of carbonyl (C=O) groups is 1. The van der Waals surface area contributed by atoms with Crippen LogP contribution in [0, 0.1) is 5.82 Å². The zero-order valence-corrected chi connectivity index (χ0v) is 17.1. The first kappa shape index (κ1) is 20.0. The Morgan fingerprint density at radius 2 is 1.57 bits per heavy atom. The van der Waals surface area contributed by atoms with E-state index in [1.54, 1.807) is 36.5 Å². The summed E-state index contributed by atoms with van der Waals surface area (Å²) >= 11 is 0. The van der Waals surface area contributed by atoms with E-state index in [4.69, 9.17) is 4.74 Å². The summed E-state index contributed by atoms with van der Waals surface area (Å²) in [6.45, 7) is 3.31. The Hall–Kier alpha value is -3.32. The number of rotatable bonds is 4. The van der Waals surface area contributed by atoms with Gasteiger partial charge in [-0.05, 0) is 54.6 Å². The molecular formula is C23H24FN4O2+. The van der Waals surface area contributed by atoms with E-state index in [1.807, 2.05) is 17.0 Å². The average molecular weight is 407 g/mol. The number of benzene rings is 2. The summed E-state index contributed by atoms with van der Waals surface area (Å²) in [5, 5.41) is 0. The second kappa shape index (κ2) is 8.20. The number of aromatic nitrogens is 2. The summed E-state index contributed by atoms with van der Waals surface area (Å²) in [4.78, 5) is 23.5. The first-order chi connectivity index (χ1) is 14.4. The normalized spacial score (nSPS) is 15.6. The molecule has 0 saturated carbocycles. The first-order valence-corrected chi connectivity index (χ1v) is 9.88. The highest BCUT2D eigenvalue weighted by atomic mass is 19.1. The van der Waals surface area contributed by atoms with Crippen molar-refractivity contribution in [2.45, 2.75) is 0 Å². The van der Waals surface area contributed by atoms with Crippen LogP contribution in [0.4, 0.5) is 4.39 Å². The molecule has 7 heteroatoms. The number of hydrogen-bond donors (Lipinski definition) is 0. The van der Waals surface area contributed by atoms with E-state index in [0.717, 1.165) is 36.2 Å². The van der Waals surface area contributed by atoms with Gasteiger partial charge in [-0.3, -0.25) is 4.79 Å². The smallest absolute Gasteiger partial charge is 0.273 e. The van der Waals surface area contributed by atoms with Gasteiger partial charge in [0.25, 0.3) is 5.91 Å². The van der Waals surface area contributed by atoms with Crippen molar-refractivity contribution in [3.05, 3.63) is 72.3 Å². The van der Waals surface area contributed by atoms with E-state index in [0.29, 0.717) is 23.0 Å². The lowest BCUT2D eigenvalue weighted by Gasteiger charge is -2.38. The van der Waals surface area contributed by atoms with Gasteiger partial charge in [-0.25, -0.2) is 14.4 Å². The molecule has 4 rings (SSSR count). The molecule has 0 radical (unpaired) electrons. The van der Waals surface area contributed by atoms with Gasteiger partial charge in [-0.1, -0.05) is 0 Å². The minimum Gasteiger partial charge on any atom is -0.457 e. The quantitative estimate of drug-likeness (QED) is 0.620. The van der Waals surface area contributed by atoms with E-state index in [-0.39, 0.29) is 11.7 Å². The van der Waals surface area contributed by atoms with Gasteiger partial charge in [0.05, 0.1) is 40.3 Å². The van der Waals surface area contributed by atoms with Crippen LogP contribution in [-0.2, 0) is 0 Å². The molecule has 1 aliphatic heterocycles. The number of likely N-dealkylation sites (N-methyl/N-ethyl adjacent to an activating group) is 1. The van der Waals surface area contributed by atoms with Crippen molar-refractivity contribution in [1.29, 1.82) is 0 Å². The number of halogens is 1. The Balaban J connectivity index is 1.47. The maximum Gasteiger partial charge on any atom is 0.273 e. The van der Waals surface area contributed by atoms with Gasteiger partial charge in [-0.2, -0.15) is 0 Å². The summed E-state index contributed by atoms with van der Waals surface area (Å²) in [6.07, 6.45) is 1.61. The molecule has 3 aromatic rings. The summed E-state index contributed by atoms with van der Waals surface area (Å²) < 4.78 is 19.6. The van der Waals surface area contributed by atoms with Gasteiger partial charge in [0.1, 0.15) is 23.0 Å². The molecule has 0 aliphatic carbocycles. The predicted molar refractivity (Wildman–Crippen MR) is 112 cm³/mol. The molecule has 0 spiro atoms. The second-order valence-electron chi connectivity index (χ2n) is 8.02. The van der Waals surface area contributed by atoms with Crippen molar-refractivity contribution < 1.29 is 18.4 Å². The number of piperazine rings is 1.